The average Bonchev–Trinajstić information content (AvgIpc) is 2.79. The number of rotatable bonds is 4. The fourth-order valence-electron chi connectivity index (χ4n) is 2.32. The summed E-state index contributed by atoms with van der Waals surface area (Å²) in [5, 5.41) is 8.95. The minimum absolute atomic E-state index is 0.0211. The number of hydrogen-bond acceptors (Lipinski definition) is 4. The Balaban J connectivity index is 2.04. The molecule has 6 heteroatoms. The van der Waals surface area contributed by atoms with E-state index in [0.29, 0.717) is 6.42 Å². The Morgan fingerprint density at radius 2 is 2.05 bits per heavy atom. The van der Waals surface area contributed by atoms with Gasteiger partial charge in [0.15, 0.2) is 9.84 Å². The van der Waals surface area contributed by atoms with E-state index in [4.69, 9.17) is 5.11 Å². The van der Waals surface area contributed by atoms with E-state index in [9.17, 15) is 13.2 Å². The molecule has 5 nitrogen and oxygen atoms in total. The van der Waals surface area contributed by atoms with E-state index in [-0.39, 0.29) is 30.6 Å². The molecule has 1 saturated heterocycles. The highest BCUT2D eigenvalue weighted by molar-refractivity contribution is 7.91. The average molecular weight is 307 g/mol. The topological polar surface area (TPSA) is 74.7 Å². The SMILES string of the molecule is O=C(O)CN(CC#Cc1ccccc1)C1CCS(=O)(=O)C1. The van der Waals surface area contributed by atoms with Gasteiger partial charge in [-0.1, -0.05) is 30.0 Å². The molecule has 1 heterocycles. The molecule has 0 radical (unpaired) electrons. The van der Waals surface area contributed by atoms with Gasteiger partial charge in [-0.3, -0.25) is 9.69 Å². The molecule has 0 aromatic heterocycles. The summed E-state index contributed by atoms with van der Waals surface area (Å²) in [6.07, 6.45) is 0.475. The van der Waals surface area contributed by atoms with Crippen LogP contribution in [-0.2, 0) is 14.6 Å². The van der Waals surface area contributed by atoms with Gasteiger partial charge in [0.1, 0.15) is 0 Å². The predicted octanol–water partition coefficient (Wildman–Crippen LogP) is 0.612. The largest absolute Gasteiger partial charge is 0.480 e. The van der Waals surface area contributed by atoms with Crippen LogP contribution in [0.1, 0.15) is 12.0 Å². The van der Waals surface area contributed by atoms with Crippen molar-refractivity contribution in [3.05, 3.63) is 35.9 Å². The van der Waals surface area contributed by atoms with Crippen molar-refractivity contribution in [1.82, 2.24) is 4.90 Å². The van der Waals surface area contributed by atoms with Crippen LogP contribution in [0.2, 0.25) is 0 Å². The quantitative estimate of drug-likeness (QED) is 0.825. The highest BCUT2D eigenvalue weighted by atomic mass is 32.2. The molecule has 112 valence electrons. The zero-order chi connectivity index (χ0) is 15.3. The minimum atomic E-state index is -3.04. The Labute approximate surface area is 124 Å². The Hall–Kier alpha value is -1.84. The van der Waals surface area contributed by atoms with Crippen LogP contribution in [0.25, 0.3) is 0 Å². The van der Waals surface area contributed by atoms with Crippen LogP contribution in [0.5, 0.6) is 0 Å². The number of nitrogens with zero attached hydrogens (tertiary/aromatic N) is 1. The molecule has 0 aliphatic carbocycles. The lowest BCUT2D eigenvalue weighted by molar-refractivity contribution is -0.138. The Bertz CT molecular complexity index is 658. The van der Waals surface area contributed by atoms with Crippen molar-refractivity contribution in [3.8, 4) is 11.8 Å². The van der Waals surface area contributed by atoms with Crippen molar-refractivity contribution in [2.75, 3.05) is 24.6 Å². The van der Waals surface area contributed by atoms with Crippen molar-refractivity contribution in [1.29, 1.82) is 0 Å². The van der Waals surface area contributed by atoms with Gasteiger partial charge in [-0.15, -0.1) is 0 Å². The van der Waals surface area contributed by atoms with E-state index in [0.717, 1.165) is 5.56 Å². The number of sulfone groups is 1. The van der Waals surface area contributed by atoms with Crippen molar-refractivity contribution in [2.45, 2.75) is 12.5 Å². The van der Waals surface area contributed by atoms with Gasteiger partial charge in [-0.05, 0) is 18.6 Å². The summed E-state index contributed by atoms with van der Waals surface area (Å²) in [6.45, 7) is 0.0606. The number of hydrogen-bond donors (Lipinski definition) is 1. The van der Waals surface area contributed by atoms with Crippen LogP contribution in [-0.4, -0.2) is 55.0 Å². The number of aliphatic carboxylic acids is 1. The Morgan fingerprint density at radius 1 is 1.33 bits per heavy atom. The predicted molar refractivity (Wildman–Crippen MR) is 79.6 cm³/mol. The van der Waals surface area contributed by atoms with Crippen molar-refractivity contribution < 1.29 is 18.3 Å². The van der Waals surface area contributed by atoms with E-state index >= 15 is 0 Å². The number of carboxylic acids is 1. The van der Waals surface area contributed by atoms with Crippen molar-refractivity contribution in [3.63, 3.8) is 0 Å². The maximum absolute atomic E-state index is 11.5. The van der Waals surface area contributed by atoms with Gasteiger partial charge in [-0.2, -0.15) is 0 Å². The lowest BCUT2D eigenvalue weighted by Gasteiger charge is -2.23. The first-order valence-corrected chi connectivity index (χ1v) is 8.48. The van der Waals surface area contributed by atoms with Gasteiger partial charge in [0.2, 0.25) is 0 Å². The van der Waals surface area contributed by atoms with E-state index < -0.39 is 15.8 Å². The van der Waals surface area contributed by atoms with E-state index in [2.05, 4.69) is 11.8 Å². The summed E-state index contributed by atoms with van der Waals surface area (Å²) in [5.74, 6) is 5.06. The molecule has 1 aromatic rings. The fourth-order valence-corrected chi connectivity index (χ4v) is 4.08. The zero-order valence-corrected chi connectivity index (χ0v) is 12.3. The normalized spacial score (nSPS) is 20.0. The Morgan fingerprint density at radius 3 is 2.62 bits per heavy atom. The number of carbonyl (C=O) groups is 1. The minimum Gasteiger partial charge on any atom is -0.480 e. The molecule has 1 N–H and O–H groups in total. The van der Waals surface area contributed by atoms with Crippen LogP contribution < -0.4 is 0 Å². The third-order valence-electron chi connectivity index (χ3n) is 3.35. The van der Waals surface area contributed by atoms with Crippen LogP contribution >= 0.6 is 0 Å². The van der Waals surface area contributed by atoms with Gasteiger partial charge in [0.05, 0.1) is 24.6 Å². The van der Waals surface area contributed by atoms with E-state index in [1.54, 1.807) is 4.90 Å². The fraction of sp³-hybridized carbons (Fsp3) is 0.400. The summed E-state index contributed by atoms with van der Waals surface area (Å²) < 4.78 is 23.0. The molecule has 1 aliphatic heterocycles. The summed E-state index contributed by atoms with van der Waals surface area (Å²) in [6, 6.07) is 9.13. The van der Waals surface area contributed by atoms with Crippen LogP contribution in [0.15, 0.2) is 30.3 Å². The molecular weight excluding hydrogens is 290 g/mol. The Kier molecular flexibility index (Phi) is 4.99. The maximum Gasteiger partial charge on any atom is 0.317 e. The molecular formula is C15H17NO4S. The molecule has 1 aliphatic rings. The molecule has 1 unspecified atom stereocenters. The first-order valence-electron chi connectivity index (χ1n) is 6.66. The maximum atomic E-state index is 11.5. The highest BCUT2D eigenvalue weighted by Crippen LogP contribution is 2.17. The number of benzene rings is 1. The standard InChI is InChI=1S/C15H17NO4S/c17-15(18)11-16(14-8-10-21(19,20)12-14)9-4-7-13-5-2-1-3-6-13/h1-3,5-6,14H,8-12H2,(H,17,18). The molecule has 1 aromatic carbocycles. The molecule has 0 spiro atoms. The number of carboxylic acid groups (broad SMARTS) is 1. The van der Waals surface area contributed by atoms with Crippen LogP contribution in [0.4, 0.5) is 0 Å². The second-order valence-corrected chi connectivity index (χ2v) is 7.25. The molecule has 1 fully saturated rings. The molecule has 1 atom stereocenters. The third kappa shape index (κ3) is 4.88. The van der Waals surface area contributed by atoms with E-state index in [1.807, 2.05) is 30.3 Å². The third-order valence-corrected chi connectivity index (χ3v) is 5.10. The summed E-state index contributed by atoms with van der Waals surface area (Å²) >= 11 is 0. The monoisotopic (exact) mass is 307 g/mol. The molecule has 0 saturated carbocycles. The summed E-state index contributed by atoms with van der Waals surface area (Å²) in [4.78, 5) is 12.5. The van der Waals surface area contributed by atoms with Crippen LogP contribution in [0.3, 0.4) is 0 Å². The smallest absolute Gasteiger partial charge is 0.317 e. The summed E-state index contributed by atoms with van der Waals surface area (Å²) in [7, 11) is -3.04. The van der Waals surface area contributed by atoms with Gasteiger partial charge in [0, 0.05) is 11.6 Å². The summed E-state index contributed by atoms with van der Waals surface area (Å²) in [5.41, 5.74) is 0.854. The van der Waals surface area contributed by atoms with Crippen molar-refractivity contribution in [2.24, 2.45) is 0 Å². The second-order valence-electron chi connectivity index (χ2n) is 5.02. The highest BCUT2D eigenvalue weighted by Gasteiger charge is 2.32. The van der Waals surface area contributed by atoms with Gasteiger partial charge in [-0.25, -0.2) is 8.42 Å². The van der Waals surface area contributed by atoms with Gasteiger partial charge >= 0.3 is 5.97 Å². The first kappa shape index (κ1) is 15.5. The molecule has 21 heavy (non-hydrogen) atoms. The molecule has 0 bridgehead atoms. The molecule has 0 amide bonds. The molecule has 2 rings (SSSR count). The lowest BCUT2D eigenvalue weighted by atomic mass is 10.2. The van der Waals surface area contributed by atoms with Crippen LogP contribution in [0, 0.1) is 11.8 Å². The zero-order valence-electron chi connectivity index (χ0n) is 11.5. The van der Waals surface area contributed by atoms with Gasteiger partial charge in [0.25, 0.3) is 0 Å². The van der Waals surface area contributed by atoms with Gasteiger partial charge < -0.3 is 5.11 Å². The van der Waals surface area contributed by atoms with Crippen molar-refractivity contribution >= 4 is 15.8 Å². The lowest BCUT2D eigenvalue weighted by Crippen LogP contribution is -2.40. The van der Waals surface area contributed by atoms with E-state index in [1.165, 1.54) is 0 Å². The first-order chi connectivity index (χ1) is 9.96. The second kappa shape index (κ2) is 6.74.